The van der Waals surface area contributed by atoms with Crippen LogP contribution in [0.15, 0.2) is 24.3 Å². The number of rotatable bonds is 4. The van der Waals surface area contributed by atoms with Crippen LogP contribution in [0.4, 0.5) is 0 Å². The Hall–Kier alpha value is -0.820. The van der Waals surface area contributed by atoms with E-state index in [1.807, 2.05) is 0 Å². The number of aryl methyl sites for hydroxylation is 1. The largest absolute Gasteiger partial charge is 0.310 e. The van der Waals surface area contributed by atoms with Gasteiger partial charge in [0, 0.05) is 12.6 Å². The summed E-state index contributed by atoms with van der Waals surface area (Å²) in [6.07, 6.45) is 4.10. The van der Waals surface area contributed by atoms with Gasteiger partial charge < -0.3 is 5.32 Å². The van der Waals surface area contributed by atoms with Crippen LogP contribution in [0.5, 0.6) is 0 Å². The summed E-state index contributed by atoms with van der Waals surface area (Å²) in [5.41, 5.74) is 2.77. The van der Waals surface area contributed by atoms with Crippen molar-refractivity contribution in [3.63, 3.8) is 0 Å². The number of hydrogen-bond donors (Lipinski definition) is 1. The van der Waals surface area contributed by atoms with Gasteiger partial charge in [0.25, 0.3) is 0 Å². The van der Waals surface area contributed by atoms with Crippen molar-refractivity contribution in [2.75, 3.05) is 0 Å². The van der Waals surface area contributed by atoms with Gasteiger partial charge in [-0.2, -0.15) is 0 Å². The molecule has 1 saturated carbocycles. The van der Waals surface area contributed by atoms with E-state index >= 15 is 0 Å². The zero-order valence-electron chi connectivity index (χ0n) is 11.4. The van der Waals surface area contributed by atoms with E-state index in [1.54, 1.807) is 0 Å². The Balaban J connectivity index is 1.87. The minimum atomic E-state index is 0.723. The number of benzene rings is 1. The maximum atomic E-state index is 3.74. The van der Waals surface area contributed by atoms with Gasteiger partial charge in [-0.3, -0.25) is 0 Å². The topological polar surface area (TPSA) is 12.0 Å². The molecule has 0 aliphatic heterocycles. The highest BCUT2D eigenvalue weighted by Crippen LogP contribution is 2.33. The summed E-state index contributed by atoms with van der Waals surface area (Å²) in [6.45, 7) is 7.92. The Morgan fingerprint density at radius 2 is 2.12 bits per heavy atom. The molecule has 1 aromatic carbocycles. The molecular formula is C16H25N. The molecule has 2 rings (SSSR count). The van der Waals surface area contributed by atoms with Crippen LogP contribution < -0.4 is 5.32 Å². The zero-order chi connectivity index (χ0) is 12.3. The molecule has 3 atom stereocenters. The van der Waals surface area contributed by atoms with Crippen LogP contribution in [-0.2, 0) is 6.54 Å². The maximum Gasteiger partial charge on any atom is 0.0208 e. The monoisotopic (exact) mass is 231 g/mol. The normalized spacial score (nSPS) is 28.5. The molecule has 94 valence electrons. The molecule has 1 aromatic rings. The standard InChI is InChI=1S/C16H25N/c1-4-15-8-9-16(13(15)3)17-11-14-7-5-6-12(2)10-14/h5-7,10,13,15-17H,4,8-9,11H2,1-3H3. The van der Waals surface area contributed by atoms with E-state index in [-0.39, 0.29) is 0 Å². The van der Waals surface area contributed by atoms with E-state index in [0.717, 1.165) is 24.4 Å². The highest BCUT2D eigenvalue weighted by molar-refractivity contribution is 5.22. The van der Waals surface area contributed by atoms with Gasteiger partial charge in [0.05, 0.1) is 0 Å². The van der Waals surface area contributed by atoms with Gasteiger partial charge in [0.2, 0.25) is 0 Å². The fourth-order valence-electron chi connectivity index (χ4n) is 3.18. The molecule has 17 heavy (non-hydrogen) atoms. The van der Waals surface area contributed by atoms with Crippen molar-refractivity contribution >= 4 is 0 Å². The summed E-state index contributed by atoms with van der Waals surface area (Å²) in [5.74, 6) is 1.77. The quantitative estimate of drug-likeness (QED) is 0.828. The molecule has 0 bridgehead atoms. The van der Waals surface area contributed by atoms with Crippen molar-refractivity contribution in [2.24, 2.45) is 11.8 Å². The average Bonchev–Trinajstić information content (AvgIpc) is 2.67. The second-order valence-corrected chi connectivity index (χ2v) is 5.58. The fraction of sp³-hybridized carbons (Fsp3) is 0.625. The lowest BCUT2D eigenvalue weighted by Crippen LogP contribution is -2.32. The molecule has 1 nitrogen and oxygen atoms in total. The first-order valence-corrected chi connectivity index (χ1v) is 6.99. The Bertz CT molecular complexity index is 358. The first-order chi connectivity index (χ1) is 8.20. The second kappa shape index (κ2) is 5.68. The molecule has 1 N–H and O–H groups in total. The van der Waals surface area contributed by atoms with Crippen LogP contribution in [0.2, 0.25) is 0 Å². The van der Waals surface area contributed by atoms with E-state index in [1.165, 1.54) is 30.4 Å². The molecule has 1 fully saturated rings. The minimum Gasteiger partial charge on any atom is -0.310 e. The molecule has 0 saturated heterocycles. The highest BCUT2D eigenvalue weighted by Gasteiger charge is 2.30. The van der Waals surface area contributed by atoms with E-state index in [9.17, 15) is 0 Å². The lowest BCUT2D eigenvalue weighted by molar-refractivity contribution is 0.344. The molecule has 0 heterocycles. The Labute approximate surface area is 106 Å². The van der Waals surface area contributed by atoms with E-state index in [4.69, 9.17) is 0 Å². The molecule has 0 aromatic heterocycles. The fourth-order valence-corrected chi connectivity index (χ4v) is 3.18. The average molecular weight is 231 g/mol. The van der Waals surface area contributed by atoms with Crippen LogP contribution >= 0.6 is 0 Å². The summed E-state index contributed by atoms with van der Waals surface area (Å²) in [5, 5.41) is 3.74. The highest BCUT2D eigenvalue weighted by atomic mass is 14.9. The van der Waals surface area contributed by atoms with Crippen molar-refractivity contribution in [1.82, 2.24) is 5.32 Å². The molecular weight excluding hydrogens is 206 g/mol. The number of hydrogen-bond acceptors (Lipinski definition) is 1. The summed E-state index contributed by atoms with van der Waals surface area (Å²) in [4.78, 5) is 0. The lowest BCUT2D eigenvalue weighted by atomic mass is 9.93. The van der Waals surface area contributed by atoms with Crippen LogP contribution in [0.25, 0.3) is 0 Å². The van der Waals surface area contributed by atoms with Crippen molar-refractivity contribution in [3.05, 3.63) is 35.4 Å². The molecule has 1 aliphatic carbocycles. The van der Waals surface area contributed by atoms with E-state index in [2.05, 4.69) is 50.4 Å². The van der Waals surface area contributed by atoms with Gasteiger partial charge in [-0.05, 0) is 37.2 Å². The third-order valence-electron chi connectivity index (χ3n) is 4.40. The molecule has 3 unspecified atom stereocenters. The summed E-state index contributed by atoms with van der Waals surface area (Å²) < 4.78 is 0. The Morgan fingerprint density at radius 3 is 2.76 bits per heavy atom. The molecule has 0 spiro atoms. The third kappa shape index (κ3) is 3.10. The van der Waals surface area contributed by atoms with Gasteiger partial charge >= 0.3 is 0 Å². The Morgan fingerprint density at radius 1 is 1.29 bits per heavy atom. The van der Waals surface area contributed by atoms with Gasteiger partial charge in [-0.25, -0.2) is 0 Å². The van der Waals surface area contributed by atoms with Gasteiger partial charge in [0.1, 0.15) is 0 Å². The van der Waals surface area contributed by atoms with Gasteiger partial charge in [-0.1, -0.05) is 50.1 Å². The van der Waals surface area contributed by atoms with Crippen LogP contribution in [-0.4, -0.2) is 6.04 Å². The third-order valence-corrected chi connectivity index (χ3v) is 4.40. The lowest BCUT2D eigenvalue weighted by Gasteiger charge is -2.21. The molecule has 1 aliphatic rings. The van der Waals surface area contributed by atoms with Crippen molar-refractivity contribution in [1.29, 1.82) is 0 Å². The summed E-state index contributed by atoms with van der Waals surface area (Å²) in [6, 6.07) is 9.54. The van der Waals surface area contributed by atoms with Crippen LogP contribution in [0.3, 0.4) is 0 Å². The van der Waals surface area contributed by atoms with Crippen LogP contribution in [0.1, 0.15) is 44.2 Å². The SMILES string of the molecule is CCC1CCC(NCc2cccc(C)c2)C1C. The van der Waals surface area contributed by atoms with Gasteiger partial charge in [0.15, 0.2) is 0 Å². The summed E-state index contributed by atoms with van der Waals surface area (Å²) >= 11 is 0. The molecule has 0 radical (unpaired) electrons. The molecule has 1 heteroatoms. The first-order valence-electron chi connectivity index (χ1n) is 6.99. The predicted molar refractivity (Wildman–Crippen MR) is 74.0 cm³/mol. The van der Waals surface area contributed by atoms with E-state index < -0.39 is 0 Å². The molecule has 0 amide bonds. The smallest absolute Gasteiger partial charge is 0.0208 e. The second-order valence-electron chi connectivity index (χ2n) is 5.58. The number of nitrogens with one attached hydrogen (secondary N) is 1. The first kappa shape index (κ1) is 12.6. The van der Waals surface area contributed by atoms with Crippen LogP contribution in [0, 0.1) is 18.8 Å². The predicted octanol–water partition coefficient (Wildman–Crippen LogP) is 3.91. The van der Waals surface area contributed by atoms with Crippen molar-refractivity contribution in [3.8, 4) is 0 Å². The van der Waals surface area contributed by atoms with Crippen molar-refractivity contribution < 1.29 is 0 Å². The Kier molecular flexibility index (Phi) is 4.22. The van der Waals surface area contributed by atoms with Crippen molar-refractivity contribution in [2.45, 2.75) is 52.6 Å². The summed E-state index contributed by atoms with van der Waals surface area (Å²) in [7, 11) is 0. The van der Waals surface area contributed by atoms with Gasteiger partial charge in [-0.15, -0.1) is 0 Å². The zero-order valence-corrected chi connectivity index (χ0v) is 11.4. The van der Waals surface area contributed by atoms with E-state index in [0.29, 0.717) is 0 Å². The minimum absolute atomic E-state index is 0.723. The maximum absolute atomic E-state index is 3.74.